The molecule has 57 heavy (non-hydrogen) atoms. The molecule has 0 bridgehead atoms. The largest absolute Gasteiger partial charge is 0.423 e. The minimum atomic E-state index is -0.432. The van der Waals surface area contributed by atoms with Gasteiger partial charge in [0.25, 0.3) is 0 Å². The van der Waals surface area contributed by atoms with Crippen LogP contribution in [0.5, 0.6) is 5.75 Å². The van der Waals surface area contributed by atoms with Crippen LogP contribution in [0.15, 0.2) is 129 Å². The van der Waals surface area contributed by atoms with Crippen molar-refractivity contribution in [2.75, 3.05) is 0 Å². The van der Waals surface area contributed by atoms with Gasteiger partial charge in [0.2, 0.25) is 0 Å². The molecule has 0 heterocycles. The number of ether oxygens (including phenoxy) is 1. The van der Waals surface area contributed by atoms with Crippen molar-refractivity contribution < 1.29 is 23.9 Å². The smallest absolute Gasteiger partial charge is 0.343 e. The number of fused-ring (bicyclic) bond motifs is 2. The highest BCUT2D eigenvalue weighted by Gasteiger charge is 2.34. The maximum absolute atomic E-state index is 14.1. The summed E-state index contributed by atoms with van der Waals surface area (Å²) in [6, 6.07) is 34.2. The molecule has 7 heteroatoms. The van der Waals surface area contributed by atoms with Crippen molar-refractivity contribution in [3.05, 3.63) is 148 Å². The van der Waals surface area contributed by atoms with E-state index in [0.29, 0.717) is 50.2 Å². The molecule has 0 N–H and O–H groups in total. The van der Waals surface area contributed by atoms with Crippen molar-refractivity contribution in [2.24, 2.45) is 5.92 Å². The topological polar surface area (TPSA) is 77.5 Å². The van der Waals surface area contributed by atoms with Gasteiger partial charge in [0, 0.05) is 54.2 Å². The van der Waals surface area contributed by atoms with E-state index < -0.39 is 5.97 Å². The van der Waals surface area contributed by atoms with Gasteiger partial charge in [0.05, 0.1) is 5.56 Å². The first-order valence-corrected chi connectivity index (χ1v) is 21.9. The molecule has 1 saturated carbocycles. The maximum atomic E-state index is 14.1. The Bertz CT molecular complexity index is 2260. The average Bonchev–Trinajstić information content (AvgIpc) is 3.22. The van der Waals surface area contributed by atoms with Crippen molar-refractivity contribution in [1.82, 2.24) is 0 Å². The van der Waals surface area contributed by atoms with Crippen LogP contribution < -0.4 is 4.74 Å². The maximum Gasteiger partial charge on any atom is 0.343 e. The van der Waals surface area contributed by atoms with Gasteiger partial charge in [-0.2, -0.15) is 0 Å². The summed E-state index contributed by atoms with van der Waals surface area (Å²) in [5.41, 5.74) is 4.64. The molecule has 0 aromatic heterocycles. The van der Waals surface area contributed by atoms with Crippen LogP contribution in [0.4, 0.5) is 0 Å². The van der Waals surface area contributed by atoms with E-state index in [-0.39, 0.29) is 22.9 Å². The van der Waals surface area contributed by atoms with Crippen LogP contribution in [-0.2, 0) is 10.2 Å². The molecular weight excluding hydrogens is 745 g/mol. The Morgan fingerprint density at radius 3 is 1.72 bits per heavy atom. The van der Waals surface area contributed by atoms with Crippen LogP contribution >= 0.6 is 23.5 Å². The van der Waals surface area contributed by atoms with Gasteiger partial charge < -0.3 is 4.74 Å². The third-order valence-corrected chi connectivity index (χ3v) is 13.4. The molecule has 0 radical (unpaired) electrons. The van der Waals surface area contributed by atoms with E-state index in [1.807, 2.05) is 60.7 Å². The second kappa shape index (κ2) is 17.8. The van der Waals surface area contributed by atoms with Gasteiger partial charge in [-0.3, -0.25) is 14.4 Å². The zero-order valence-electron chi connectivity index (χ0n) is 33.3. The van der Waals surface area contributed by atoms with E-state index in [9.17, 15) is 19.2 Å². The van der Waals surface area contributed by atoms with Crippen molar-refractivity contribution in [2.45, 2.75) is 116 Å². The van der Waals surface area contributed by atoms with Crippen molar-refractivity contribution in [1.29, 1.82) is 0 Å². The Morgan fingerprint density at radius 2 is 1.19 bits per heavy atom. The third-order valence-electron chi connectivity index (χ3n) is 11.3. The summed E-state index contributed by atoms with van der Waals surface area (Å²) in [6.45, 7) is 8.73. The first-order valence-electron chi connectivity index (χ1n) is 20.3. The van der Waals surface area contributed by atoms with E-state index >= 15 is 0 Å². The fourth-order valence-electron chi connectivity index (χ4n) is 7.94. The number of hydrogen-bond donors (Lipinski definition) is 0. The summed E-state index contributed by atoms with van der Waals surface area (Å²) in [6.07, 6.45) is 9.14. The van der Waals surface area contributed by atoms with E-state index in [0.717, 1.165) is 59.6 Å². The molecule has 0 atom stereocenters. The Kier molecular flexibility index (Phi) is 12.7. The molecular formula is C50H50O5S2. The molecule has 292 valence electrons. The van der Waals surface area contributed by atoms with E-state index in [1.54, 1.807) is 24.3 Å². The summed E-state index contributed by atoms with van der Waals surface area (Å²) in [4.78, 5) is 57.2. The highest BCUT2D eigenvalue weighted by Crippen LogP contribution is 2.42. The molecule has 5 aromatic carbocycles. The number of carbonyl (C=O) groups excluding carboxylic acids is 4. The summed E-state index contributed by atoms with van der Waals surface area (Å²) in [5.74, 6) is 0.706. The van der Waals surface area contributed by atoms with Crippen molar-refractivity contribution >= 4 is 46.8 Å². The summed E-state index contributed by atoms with van der Waals surface area (Å²) < 4.78 is 5.73. The van der Waals surface area contributed by atoms with Crippen LogP contribution in [0.2, 0.25) is 0 Å². The number of carbonyl (C=O) groups is 4. The third kappa shape index (κ3) is 9.37. The lowest BCUT2D eigenvalue weighted by molar-refractivity contribution is -0.124. The minimum Gasteiger partial charge on any atom is -0.423 e. The first kappa shape index (κ1) is 40.5. The number of benzene rings is 5. The van der Waals surface area contributed by atoms with Crippen LogP contribution in [-0.4, -0.2) is 23.3 Å². The standard InChI is InChI=1S/C50H50O5S2/c1-5-6-7-8-13-42(51)34-20-16-32(17-21-34)33-18-22-35(23-19-33)49(54)55-37-26-30-39(31-27-37)57-44-15-10-12-41-46(44)48(53)40-11-9-14-43(45(40)47(41)52)56-38-28-24-36(25-29-38)50(2,3)4/h9-12,14-15,18-19,22-32,34H,5-8,13,16-17,20-21H2,1-4H3. The molecule has 0 unspecified atom stereocenters. The predicted octanol–water partition coefficient (Wildman–Crippen LogP) is 13.1. The molecule has 2 aliphatic carbocycles. The molecule has 1 fully saturated rings. The highest BCUT2D eigenvalue weighted by atomic mass is 32.2. The number of unbranched alkanes of at least 4 members (excludes halogenated alkanes) is 3. The van der Waals surface area contributed by atoms with Gasteiger partial charge in [-0.15, -0.1) is 0 Å². The molecule has 0 spiro atoms. The van der Waals surface area contributed by atoms with Crippen LogP contribution in [0.3, 0.4) is 0 Å². The van der Waals surface area contributed by atoms with Crippen LogP contribution in [0.1, 0.15) is 145 Å². The van der Waals surface area contributed by atoms with E-state index in [2.05, 4.69) is 52.0 Å². The van der Waals surface area contributed by atoms with Gasteiger partial charge in [-0.1, -0.05) is 119 Å². The summed E-state index contributed by atoms with van der Waals surface area (Å²) >= 11 is 2.90. The quantitative estimate of drug-likeness (QED) is 0.0654. The summed E-state index contributed by atoms with van der Waals surface area (Å²) in [5, 5.41) is 0. The predicted molar refractivity (Wildman–Crippen MR) is 229 cm³/mol. The molecule has 5 aromatic rings. The van der Waals surface area contributed by atoms with Gasteiger partial charge >= 0.3 is 5.97 Å². The van der Waals surface area contributed by atoms with Gasteiger partial charge in [0.15, 0.2) is 11.6 Å². The monoisotopic (exact) mass is 794 g/mol. The lowest BCUT2D eigenvalue weighted by Crippen LogP contribution is -2.22. The lowest BCUT2D eigenvalue weighted by atomic mass is 9.76. The Morgan fingerprint density at radius 1 is 0.649 bits per heavy atom. The van der Waals surface area contributed by atoms with Crippen molar-refractivity contribution in [3.8, 4) is 5.75 Å². The van der Waals surface area contributed by atoms with Crippen LogP contribution in [0.25, 0.3) is 0 Å². The first-order chi connectivity index (χ1) is 27.5. The number of ketones is 3. The molecule has 0 saturated heterocycles. The Labute approximate surface area is 345 Å². The number of Topliss-reactive ketones (excluding diaryl/α,β-unsaturated/α-hetero) is 1. The minimum absolute atomic E-state index is 0.0393. The molecule has 2 aliphatic rings. The second-order valence-electron chi connectivity index (χ2n) is 16.3. The van der Waals surface area contributed by atoms with Gasteiger partial charge in [-0.25, -0.2) is 4.79 Å². The lowest BCUT2D eigenvalue weighted by Gasteiger charge is -2.28. The Hall–Kier alpha value is -4.72. The van der Waals surface area contributed by atoms with E-state index in [4.69, 9.17) is 4.74 Å². The second-order valence-corrected chi connectivity index (χ2v) is 18.5. The van der Waals surface area contributed by atoms with Gasteiger partial charge in [0.1, 0.15) is 11.5 Å². The van der Waals surface area contributed by atoms with Gasteiger partial charge in [-0.05, 0) is 115 Å². The normalized spacial score (nSPS) is 16.5. The number of hydrogen-bond acceptors (Lipinski definition) is 7. The zero-order chi connectivity index (χ0) is 40.1. The molecule has 5 nitrogen and oxygen atoms in total. The summed E-state index contributed by atoms with van der Waals surface area (Å²) in [7, 11) is 0. The Balaban J connectivity index is 0.967. The average molecular weight is 795 g/mol. The number of esters is 1. The fourth-order valence-corrected chi connectivity index (χ4v) is 9.89. The molecule has 0 aliphatic heterocycles. The SMILES string of the molecule is CCCCCCC(=O)C1CCC(c2ccc(C(=O)Oc3ccc(Sc4cccc5c4C(=O)c4cccc(Sc6ccc(C(C)(C)C)cc6)c4C5=O)cc3)cc2)CC1. The highest BCUT2D eigenvalue weighted by molar-refractivity contribution is 7.99. The van der Waals surface area contributed by atoms with Crippen LogP contribution in [0, 0.1) is 5.92 Å². The van der Waals surface area contributed by atoms with Crippen molar-refractivity contribution in [3.63, 3.8) is 0 Å². The molecule has 0 amide bonds. The molecule has 7 rings (SSSR count). The number of rotatable bonds is 13. The fraction of sp³-hybridized carbons (Fsp3) is 0.320. The van der Waals surface area contributed by atoms with E-state index in [1.165, 1.54) is 47.5 Å². The zero-order valence-corrected chi connectivity index (χ0v) is 34.9.